The minimum absolute atomic E-state index is 0.0234. The summed E-state index contributed by atoms with van der Waals surface area (Å²) in [6.07, 6.45) is 1.42. The molecule has 0 atom stereocenters. The number of ether oxygens (including phenoxy) is 1. The smallest absolute Gasteiger partial charge is 0.236 e. The van der Waals surface area contributed by atoms with Crippen molar-refractivity contribution in [3.8, 4) is 6.07 Å². The number of anilines is 1. The van der Waals surface area contributed by atoms with Gasteiger partial charge >= 0.3 is 0 Å². The zero-order valence-electron chi connectivity index (χ0n) is 10.5. The number of nitrogens with one attached hydrogen (secondary N) is 1. The van der Waals surface area contributed by atoms with E-state index in [0.717, 1.165) is 0 Å². The second kappa shape index (κ2) is 5.84. The van der Waals surface area contributed by atoms with Gasteiger partial charge in [0, 0.05) is 13.2 Å². The Morgan fingerprint density at radius 1 is 1.61 bits per heavy atom. The van der Waals surface area contributed by atoms with E-state index < -0.39 is 10.0 Å². The Kier molecular flexibility index (Phi) is 4.69. The maximum Gasteiger partial charge on any atom is 0.236 e. The summed E-state index contributed by atoms with van der Waals surface area (Å²) < 4.78 is 32.2. The Hall–Kier alpha value is -1.59. The van der Waals surface area contributed by atoms with Gasteiger partial charge in [-0.2, -0.15) is 10.4 Å². The van der Waals surface area contributed by atoms with Gasteiger partial charge in [-0.25, -0.2) is 8.42 Å². The molecular formula is C10H16N4O3S. The largest absolute Gasteiger partial charge is 0.378 e. The highest BCUT2D eigenvalue weighted by atomic mass is 32.2. The minimum Gasteiger partial charge on any atom is -0.378 e. The Bertz CT molecular complexity index is 542. The lowest BCUT2D eigenvalue weighted by atomic mass is 10.4. The van der Waals surface area contributed by atoms with Crippen LogP contribution in [0.3, 0.4) is 0 Å². The minimum atomic E-state index is -3.55. The average Bonchev–Trinajstić information content (AvgIpc) is 2.56. The number of hydrogen-bond acceptors (Lipinski definition) is 5. The fourth-order valence-electron chi connectivity index (χ4n) is 1.24. The Morgan fingerprint density at radius 2 is 2.28 bits per heavy atom. The molecule has 0 amide bonds. The first-order valence-corrected chi connectivity index (χ1v) is 7.05. The molecule has 0 saturated carbocycles. The lowest BCUT2D eigenvalue weighted by Crippen LogP contribution is -2.22. The predicted molar refractivity (Wildman–Crippen MR) is 66.4 cm³/mol. The van der Waals surface area contributed by atoms with Crippen LogP contribution < -0.4 is 4.72 Å². The lowest BCUT2D eigenvalue weighted by Gasteiger charge is -2.08. The van der Waals surface area contributed by atoms with Gasteiger partial charge in [0.2, 0.25) is 10.0 Å². The van der Waals surface area contributed by atoms with Crippen molar-refractivity contribution in [2.45, 2.75) is 20.0 Å². The van der Waals surface area contributed by atoms with Gasteiger partial charge in [-0.1, -0.05) is 0 Å². The van der Waals surface area contributed by atoms with E-state index in [4.69, 9.17) is 10.00 Å². The highest BCUT2D eigenvalue weighted by molar-refractivity contribution is 7.92. The molecule has 7 nitrogen and oxygen atoms in total. The monoisotopic (exact) mass is 272 g/mol. The fraction of sp³-hybridized carbons (Fsp3) is 0.600. The molecule has 0 aliphatic carbocycles. The summed E-state index contributed by atoms with van der Waals surface area (Å²) in [5.41, 5.74) is 0.186. The standard InChI is InChI=1S/C10H16N4O3S/c1-8(2)17-4-5-18(15,16)13-10-9(6-11)7-14(3)12-10/h7-8H,4-5H2,1-3H3,(H,12,13). The van der Waals surface area contributed by atoms with E-state index in [2.05, 4.69) is 9.82 Å². The second-order valence-electron chi connectivity index (χ2n) is 4.02. The quantitative estimate of drug-likeness (QED) is 0.811. The molecule has 0 radical (unpaired) electrons. The average molecular weight is 272 g/mol. The molecule has 1 heterocycles. The molecule has 1 aromatic rings. The molecular weight excluding hydrogens is 256 g/mol. The number of aromatic nitrogens is 2. The Labute approximate surface area is 106 Å². The van der Waals surface area contributed by atoms with Gasteiger partial charge in [0.1, 0.15) is 11.6 Å². The van der Waals surface area contributed by atoms with Crippen LogP contribution in [0.1, 0.15) is 19.4 Å². The maximum atomic E-state index is 11.7. The second-order valence-corrected chi connectivity index (χ2v) is 5.86. The molecule has 0 aliphatic rings. The zero-order valence-corrected chi connectivity index (χ0v) is 11.4. The van der Waals surface area contributed by atoms with Gasteiger partial charge in [-0.05, 0) is 13.8 Å². The molecule has 1 aromatic heterocycles. The van der Waals surface area contributed by atoms with Gasteiger partial charge in [-0.15, -0.1) is 0 Å². The van der Waals surface area contributed by atoms with Crippen molar-refractivity contribution in [1.29, 1.82) is 5.26 Å². The van der Waals surface area contributed by atoms with E-state index in [-0.39, 0.29) is 29.8 Å². The van der Waals surface area contributed by atoms with Crippen molar-refractivity contribution in [1.82, 2.24) is 9.78 Å². The van der Waals surface area contributed by atoms with Crippen LogP contribution in [0.5, 0.6) is 0 Å². The summed E-state index contributed by atoms with van der Waals surface area (Å²) in [5.74, 6) is -0.128. The van der Waals surface area contributed by atoms with Crippen LogP contribution >= 0.6 is 0 Å². The molecule has 0 unspecified atom stereocenters. The summed E-state index contributed by atoms with van der Waals surface area (Å²) in [7, 11) is -1.94. The van der Waals surface area contributed by atoms with Crippen LogP contribution in [0, 0.1) is 11.3 Å². The summed E-state index contributed by atoms with van der Waals surface area (Å²) in [6, 6.07) is 1.87. The molecule has 18 heavy (non-hydrogen) atoms. The summed E-state index contributed by atoms with van der Waals surface area (Å²) >= 11 is 0. The molecule has 0 spiro atoms. The molecule has 8 heteroatoms. The van der Waals surface area contributed by atoms with Crippen LogP contribution in [0.15, 0.2) is 6.20 Å². The first-order valence-electron chi connectivity index (χ1n) is 5.40. The zero-order chi connectivity index (χ0) is 13.8. The van der Waals surface area contributed by atoms with E-state index >= 15 is 0 Å². The third kappa shape index (κ3) is 4.35. The van der Waals surface area contributed by atoms with Crippen molar-refractivity contribution in [3.05, 3.63) is 11.8 Å². The van der Waals surface area contributed by atoms with Gasteiger partial charge in [0.05, 0.1) is 18.5 Å². The highest BCUT2D eigenvalue weighted by Crippen LogP contribution is 2.12. The molecule has 0 aromatic carbocycles. The molecule has 100 valence electrons. The Morgan fingerprint density at radius 3 is 2.83 bits per heavy atom. The summed E-state index contributed by atoms with van der Waals surface area (Å²) in [6.45, 7) is 3.75. The number of hydrogen-bond donors (Lipinski definition) is 1. The highest BCUT2D eigenvalue weighted by Gasteiger charge is 2.16. The molecule has 0 aliphatic heterocycles. The van der Waals surface area contributed by atoms with Crippen LogP contribution in [0.4, 0.5) is 5.82 Å². The van der Waals surface area contributed by atoms with Crippen molar-refractivity contribution in [2.24, 2.45) is 7.05 Å². The maximum absolute atomic E-state index is 11.7. The van der Waals surface area contributed by atoms with Crippen molar-refractivity contribution < 1.29 is 13.2 Å². The van der Waals surface area contributed by atoms with Crippen molar-refractivity contribution in [2.75, 3.05) is 17.1 Å². The van der Waals surface area contributed by atoms with Crippen LogP contribution in [0.2, 0.25) is 0 Å². The van der Waals surface area contributed by atoms with Gasteiger partial charge in [-0.3, -0.25) is 9.40 Å². The first-order chi connectivity index (χ1) is 8.34. The number of aryl methyl sites for hydroxylation is 1. The number of nitrogens with zero attached hydrogens (tertiary/aromatic N) is 3. The summed E-state index contributed by atoms with van der Waals surface area (Å²) in [5, 5.41) is 12.7. The van der Waals surface area contributed by atoms with Crippen LogP contribution in [-0.2, 0) is 21.8 Å². The van der Waals surface area contributed by atoms with Crippen LogP contribution in [-0.4, -0.2) is 36.7 Å². The fourth-order valence-corrected chi connectivity index (χ4v) is 2.10. The van der Waals surface area contributed by atoms with Gasteiger partial charge < -0.3 is 4.74 Å². The molecule has 0 fully saturated rings. The Balaban J connectivity index is 2.68. The molecule has 0 saturated heterocycles. The van der Waals surface area contributed by atoms with E-state index in [1.165, 1.54) is 10.9 Å². The van der Waals surface area contributed by atoms with Crippen LogP contribution in [0.25, 0.3) is 0 Å². The molecule has 1 N–H and O–H groups in total. The van der Waals surface area contributed by atoms with Gasteiger partial charge in [0.25, 0.3) is 0 Å². The molecule has 1 rings (SSSR count). The number of sulfonamides is 1. The van der Waals surface area contributed by atoms with E-state index in [1.54, 1.807) is 7.05 Å². The van der Waals surface area contributed by atoms with E-state index in [0.29, 0.717) is 0 Å². The SMILES string of the molecule is CC(C)OCCS(=O)(=O)Nc1nn(C)cc1C#N. The summed E-state index contributed by atoms with van der Waals surface area (Å²) in [4.78, 5) is 0. The van der Waals surface area contributed by atoms with E-state index in [9.17, 15) is 8.42 Å². The number of nitriles is 1. The van der Waals surface area contributed by atoms with Crippen molar-refractivity contribution in [3.63, 3.8) is 0 Å². The molecule has 0 bridgehead atoms. The predicted octanol–water partition coefficient (Wildman–Crippen LogP) is 0.458. The third-order valence-corrected chi connectivity index (χ3v) is 3.21. The lowest BCUT2D eigenvalue weighted by molar-refractivity contribution is 0.0913. The van der Waals surface area contributed by atoms with E-state index in [1.807, 2.05) is 19.9 Å². The topological polar surface area (TPSA) is 97.0 Å². The first kappa shape index (κ1) is 14.5. The number of rotatable bonds is 6. The third-order valence-electron chi connectivity index (χ3n) is 2.00. The normalized spacial score (nSPS) is 11.5. The van der Waals surface area contributed by atoms with Gasteiger partial charge in [0.15, 0.2) is 5.82 Å². The van der Waals surface area contributed by atoms with Crippen molar-refractivity contribution >= 4 is 15.8 Å².